The molecule has 220 valence electrons. The number of fused-ring (bicyclic) bond motifs is 3. The largest absolute Gasteiger partial charge is 0.412 e. The highest BCUT2D eigenvalue weighted by molar-refractivity contribution is 6.74. The number of hydrogen-bond donors (Lipinski definition) is 1. The molecule has 0 unspecified atom stereocenters. The fourth-order valence-corrected chi connectivity index (χ4v) is 7.60. The SMILES string of the molecule is Cn1cc(-c2ccc(Cc3cc4c(c5ccccc35)NCN([C@H]3CCCC[C@@H]3O[Si](C)(C)C(C)(C)C)C4=O)cn2)cn1. The third kappa shape index (κ3) is 5.38. The molecule has 0 bridgehead atoms. The predicted molar refractivity (Wildman–Crippen MR) is 172 cm³/mol. The first kappa shape index (κ1) is 28.6. The molecule has 2 aromatic carbocycles. The second-order valence-electron chi connectivity index (χ2n) is 13.5. The Morgan fingerprint density at radius 3 is 2.50 bits per heavy atom. The van der Waals surface area contributed by atoms with Gasteiger partial charge < -0.3 is 14.6 Å². The number of aryl methyl sites for hydroxylation is 1. The van der Waals surface area contributed by atoms with Crippen LogP contribution in [0.25, 0.3) is 22.0 Å². The number of nitrogens with zero attached hydrogens (tertiary/aromatic N) is 4. The van der Waals surface area contributed by atoms with Gasteiger partial charge in [-0.1, -0.05) is 63.9 Å². The van der Waals surface area contributed by atoms with Gasteiger partial charge in [0.05, 0.1) is 42.0 Å². The average Bonchev–Trinajstić information content (AvgIpc) is 3.40. The van der Waals surface area contributed by atoms with Crippen LogP contribution in [0.5, 0.6) is 0 Å². The standard InChI is InChI=1S/C34H43N5O2Si/c1-34(2,3)42(5,6)41-31-14-10-9-13-30(31)39-22-36-32-27-12-8-7-11-26(27)24(18-28(32)33(39)40)17-23-15-16-29(35-19-23)25-20-37-38(4)21-25/h7-8,11-12,15-16,18-21,30-31,36H,9-10,13-14,17,22H2,1-6H3/t30-,31-/m0/s1. The van der Waals surface area contributed by atoms with Gasteiger partial charge in [-0.2, -0.15) is 5.10 Å². The van der Waals surface area contributed by atoms with Gasteiger partial charge in [-0.3, -0.25) is 14.5 Å². The van der Waals surface area contributed by atoms with E-state index in [1.807, 2.05) is 31.7 Å². The summed E-state index contributed by atoms with van der Waals surface area (Å²) in [6.45, 7) is 12.0. The van der Waals surface area contributed by atoms with Crippen LogP contribution in [0.2, 0.25) is 18.1 Å². The Labute approximate surface area is 250 Å². The van der Waals surface area contributed by atoms with Crippen molar-refractivity contribution in [1.29, 1.82) is 0 Å². The predicted octanol–water partition coefficient (Wildman–Crippen LogP) is 7.38. The number of rotatable bonds is 6. The summed E-state index contributed by atoms with van der Waals surface area (Å²) in [6.07, 6.45) is 10.8. The van der Waals surface area contributed by atoms with Gasteiger partial charge in [-0.25, -0.2) is 0 Å². The molecule has 3 heterocycles. The Morgan fingerprint density at radius 1 is 1.05 bits per heavy atom. The number of carbonyl (C=O) groups excluding carboxylic acids is 1. The van der Waals surface area contributed by atoms with E-state index in [-0.39, 0.29) is 23.1 Å². The zero-order chi connectivity index (χ0) is 29.6. The molecule has 0 spiro atoms. The number of carbonyl (C=O) groups is 1. The lowest BCUT2D eigenvalue weighted by atomic mass is 9.89. The highest BCUT2D eigenvalue weighted by Gasteiger charge is 2.44. The van der Waals surface area contributed by atoms with E-state index in [0.29, 0.717) is 13.1 Å². The lowest BCUT2D eigenvalue weighted by molar-refractivity contribution is 0.0243. The first-order valence-corrected chi connectivity index (χ1v) is 18.1. The number of hydrogen-bond acceptors (Lipinski definition) is 5. The van der Waals surface area contributed by atoms with E-state index in [1.165, 1.54) is 0 Å². The highest BCUT2D eigenvalue weighted by Crippen LogP contribution is 2.41. The monoisotopic (exact) mass is 581 g/mol. The minimum Gasteiger partial charge on any atom is -0.412 e. The van der Waals surface area contributed by atoms with Crippen LogP contribution >= 0.6 is 0 Å². The number of pyridine rings is 1. The Kier molecular flexibility index (Phi) is 7.47. The summed E-state index contributed by atoms with van der Waals surface area (Å²) < 4.78 is 8.75. The molecule has 2 atom stereocenters. The Hall–Kier alpha value is -3.49. The highest BCUT2D eigenvalue weighted by atomic mass is 28.4. The Morgan fingerprint density at radius 2 is 1.81 bits per heavy atom. The molecule has 8 heteroatoms. The molecule has 1 fully saturated rings. The minimum atomic E-state index is -1.97. The second kappa shape index (κ2) is 11.0. The van der Waals surface area contributed by atoms with Crippen LogP contribution in [0.3, 0.4) is 0 Å². The number of nitrogens with one attached hydrogen (secondary N) is 1. The number of benzene rings is 2. The van der Waals surface area contributed by atoms with Gasteiger partial charge >= 0.3 is 0 Å². The van der Waals surface area contributed by atoms with Gasteiger partial charge in [0.15, 0.2) is 8.32 Å². The molecule has 1 N–H and O–H groups in total. The van der Waals surface area contributed by atoms with Crippen molar-refractivity contribution in [3.05, 3.63) is 77.7 Å². The van der Waals surface area contributed by atoms with Crippen LogP contribution in [0.15, 0.2) is 61.1 Å². The van der Waals surface area contributed by atoms with Crippen molar-refractivity contribution in [2.75, 3.05) is 12.0 Å². The number of anilines is 1. The fraction of sp³-hybridized carbons (Fsp3) is 0.441. The van der Waals surface area contributed by atoms with Gasteiger partial charge in [0.2, 0.25) is 0 Å². The number of amides is 1. The quantitative estimate of drug-likeness (QED) is 0.241. The van der Waals surface area contributed by atoms with Crippen LogP contribution in [-0.2, 0) is 17.9 Å². The normalized spacial score (nSPS) is 19.6. The van der Waals surface area contributed by atoms with Crippen LogP contribution in [0.1, 0.15) is 67.9 Å². The van der Waals surface area contributed by atoms with Crippen LogP contribution in [0, 0.1) is 0 Å². The van der Waals surface area contributed by atoms with Crippen molar-refractivity contribution >= 4 is 30.7 Å². The van der Waals surface area contributed by atoms with Crippen molar-refractivity contribution in [2.24, 2.45) is 7.05 Å². The van der Waals surface area contributed by atoms with E-state index < -0.39 is 8.32 Å². The van der Waals surface area contributed by atoms with Crippen molar-refractivity contribution < 1.29 is 9.22 Å². The Balaban J connectivity index is 1.31. The summed E-state index contributed by atoms with van der Waals surface area (Å²) in [7, 11) is -0.0646. The van der Waals surface area contributed by atoms with Crippen molar-refractivity contribution in [3.8, 4) is 11.3 Å². The third-order valence-corrected chi connectivity index (χ3v) is 14.1. The van der Waals surface area contributed by atoms with E-state index in [0.717, 1.165) is 70.1 Å². The summed E-state index contributed by atoms with van der Waals surface area (Å²) in [4.78, 5) is 21.1. The fourth-order valence-electron chi connectivity index (χ4n) is 6.21. The van der Waals surface area contributed by atoms with E-state index in [1.54, 1.807) is 4.68 Å². The molecule has 2 aliphatic rings. The summed E-state index contributed by atoms with van der Waals surface area (Å²) in [5.41, 5.74) is 5.84. The van der Waals surface area contributed by atoms with Gasteiger partial charge in [0.25, 0.3) is 5.91 Å². The maximum Gasteiger partial charge on any atom is 0.257 e. The van der Waals surface area contributed by atoms with Crippen molar-refractivity contribution in [2.45, 2.75) is 83.2 Å². The maximum absolute atomic E-state index is 14.3. The molecule has 7 nitrogen and oxygen atoms in total. The molecule has 0 radical (unpaired) electrons. The lowest BCUT2D eigenvalue weighted by Crippen LogP contribution is -2.56. The van der Waals surface area contributed by atoms with Crippen molar-refractivity contribution in [3.63, 3.8) is 0 Å². The lowest BCUT2D eigenvalue weighted by Gasteiger charge is -2.47. The second-order valence-corrected chi connectivity index (χ2v) is 18.3. The molecule has 6 rings (SSSR count). The van der Waals surface area contributed by atoms with Gasteiger partial charge in [-0.15, -0.1) is 0 Å². The first-order chi connectivity index (χ1) is 20.0. The molecule has 1 aliphatic carbocycles. The summed E-state index contributed by atoms with van der Waals surface area (Å²) in [5.74, 6) is 0.108. The van der Waals surface area contributed by atoms with Crippen molar-refractivity contribution in [1.82, 2.24) is 19.7 Å². The zero-order valence-electron chi connectivity index (χ0n) is 25.8. The molecule has 2 aromatic heterocycles. The molecular weight excluding hydrogens is 538 g/mol. The zero-order valence-corrected chi connectivity index (χ0v) is 26.8. The maximum atomic E-state index is 14.3. The molecule has 42 heavy (non-hydrogen) atoms. The first-order valence-electron chi connectivity index (χ1n) is 15.2. The summed E-state index contributed by atoms with van der Waals surface area (Å²) >= 11 is 0. The van der Waals surface area contributed by atoms with E-state index in [2.05, 4.69) is 85.6 Å². The average molecular weight is 582 g/mol. The van der Waals surface area contributed by atoms with E-state index in [9.17, 15) is 4.79 Å². The van der Waals surface area contributed by atoms with Crippen LogP contribution in [0.4, 0.5) is 5.69 Å². The van der Waals surface area contributed by atoms with Crippen LogP contribution in [-0.4, -0.2) is 52.7 Å². The molecule has 1 saturated carbocycles. The van der Waals surface area contributed by atoms with Gasteiger partial charge in [0, 0.05) is 30.4 Å². The minimum absolute atomic E-state index is 0.0799. The van der Waals surface area contributed by atoms with E-state index >= 15 is 0 Å². The van der Waals surface area contributed by atoms with Gasteiger partial charge in [0.1, 0.15) is 0 Å². The van der Waals surface area contributed by atoms with Crippen LogP contribution < -0.4 is 5.32 Å². The van der Waals surface area contributed by atoms with Gasteiger partial charge in [-0.05, 0) is 66.0 Å². The molecule has 4 aromatic rings. The molecule has 0 saturated heterocycles. The Bertz CT molecular complexity index is 1600. The number of aromatic nitrogens is 3. The molecular formula is C34H43N5O2Si. The van der Waals surface area contributed by atoms with E-state index in [4.69, 9.17) is 9.41 Å². The molecule has 1 amide bonds. The third-order valence-electron chi connectivity index (χ3n) is 9.59. The summed E-state index contributed by atoms with van der Waals surface area (Å²) in [6, 6.07) is 14.8. The topological polar surface area (TPSA) is 72.3 Å². The summed E-state index contributed by atoms with van der Waals surface area (Å²) in [5, 5.41) is 10.3. The molecule has 1 aliphatic heterocycles. The smallest absolute Gasteiger partial charge is 0.257 e.